The van der Waals surface area contributed by atoms with Crippen LogP contribution in [-0.4, -0.2) is 31.3 Å². The van der Waals surface area contributed by atoms with E-state index in [-0.39, 0.29) is 11.5 Å². The van der Waals surface area contributed by atoms with Crippen LogP contribution < -0.4 is 34.4 Å². The maximum absolute atomic E-state index is 14.0. The average Bonchev–Trinajstić information content (AvgIpc) is 3.30. The zero-order chi connectivity index (χ0) is 30.7. The topological polar surface area (TPSA) is 91.2 Å². The fraction of sp³-hybridized carbons (Fsp3) is 0.206. The maximum Gasteiger partial charge on any atom is 0.271 e. The molecule has 1 atom stereocenters. The largest absolute Gasteiger partial charge is 0.497 e. The SMILES string of the molecule is C=CCOc1ccc(/C=c2/sc3n(c2=O)[C@H](c2ccc(OC)cc2)C(C(=O)Nc2ccc(C)cc2C)=C(C)N=3)cc1OC. The van der Waals surface area contributed by atoms with Crippen LogP contribution in [0.2, 0.25) is 0 Å². The summed E-state index contributed by atoms with van der Waals surface area (Å²) in [5.41, 5.74) is 4.97. The Hall–Kier alpha value is -4.89. The zero-order valence-electron chi connectivity index (χ0n) is 24.8. The molecule has 1 aliphatic rings. The molecule has 4 aromatic rings. The highest BCUT2D eigenvalue weighted by atomic mass is 32.1. The summed E-state index contributed by atoms with van der Waals surface area (Å²) in [6, 6.07) is 18.0. The van der Waals surface area contributed by atoms with Crippen LogP contribution in [0.15, 0.2) is 94.4 Å². The predicted molar refractivity (Wildman–Crippen MR) is 170 cm³/mol. The molecule has 0 saturated carbocycles. The Morgan fingerprint density at radius 1 is 1.02 bits per heavy atom. The number of rotatable bonds is 9. The van der Waals surface area contributed by atoms with Crippen LogP contribution in [0.5, 0.6) is 17.2 Å². The number of fused-ring (bicyclic) bond motifs is 1. The van der Waals surface area contributed by atoms with Gasteiger partial charge in [0.1, 0.15) is 12.4 Å². The number of hydrogen-bond donors (Lipinski definition) is 1. The van der Waals surface area contributed by atoms with Crippen molar-refractivity contribution in [1.29, 1.82) is 0 Å². The molecule has 0 unspecified atom stereocenters. The number of allylic oxidation sites excluding steroid dienone is 1. The van der Waals surface area contributed by atoms with E-state index in [4.69, 9.17) is 19.2 Å². The number of methoxy groups -OCH3 is 2. The molecule has 0 saturated heterocycles. The third-order valence-electron chi connectivity index (χ3n) is 7.17. The van der Waals surface area contributed by atoms with Gasteiger partial charge in [0.05, 0.1) is 36.1 Å². The zero-order valence-corrected chi connectivity index (χ0v) is 25.6. The van der Waals surface area contributed by atoms with Crippen LogP contribution in [-0.2, 0) is 4.79 Å². The summed E-state index contributed by atoms with van der Waals surface area (Å²) in [6.45, 7) is 9.79. The van der Waals surface area contributed by atoms with Gasteiger partial charge in [-0.2, -0.15) is 0 Å². The van der Waals surface area contributed by atoms with E-state index in [0.717, 1.165) is 22.3 Å². The van der Waals surface area contributed by atoms with Crippen molar-refractivity contribution in [3.63, 3.8) is 0 Å². The van der Waals surface area contributed by atoms with E-state index < -0.39 is 6.04 Å². The number of thiazole rings is 1. The lowest BCUT2D eigenvalue weighted by Gasteiger charge is -2.25. The van der Waals surface area contributed by atoms with E-state index in [1.165, 1.54) is 11.3 Å². The second-order valence-electron chi connectivity index (χ2n) is 10.1. The van der Waals surface area contributed by atoms with Crippen LogP contribution in [0.25, 0.3) is 6.08 Å². The second-order valence-corrected chi connectivity index (χ2v) is 11.1. The molecule has 1 N–H and O–H groups in total. The summed E-state index contributed by atoms with van der Waals surface area (Å²) < 4.78 is 18.6. The molecular weight excluding hydrogens is 562 g/mol. The number of ether oxygens (including phenoxy) is 3. The van der Waals surface area contributed by atoms with Gasteiger partial charge >= 0.3 is 0 Å². The smallest absolute Gasteiger partial charge is 0.271 e. The summed E-state index contributed by atoms with van der Waals surface area (Å²) >= 11 is 1.27. The number of aryl methyl sites for hydroxylation is 2. The highest BCUT2D eigenvalue weighted by Gasteiger charge is 2.32. The number of hydrogen-bond acceptors (Lipinski definition) is 7. The van der Waals surface area contributed by atoms with Gasteiger partial charge in [0.15, 0.2) is 16.3 Å². The lowest BCUT2D eigenvalue weighted by molar-refractivity contribution is -0.113. The first-order valence-corrected chi connectivity index (χ1v) is 14.5. The number of benzene rings is 3. The lowest BCUT2D eigenvalue weighted by Crippen LogP contribution is -2.40. The molecule has 0 bridgehead atoms. The Kier molecular flexibility index (Phi) is 8.63. The van der Waals surface area contributed by atoms with Gasteiger partial charge in [0.25, 0.3) is 11.5 Å². The summed E-state index contributed by atoms with van der Waals surface area (Å²) in [7, 11) is 3.16. The highest BCUT2D eigenvalue weighted by Crippen LogP contribution is 2.32. The van der Waals surface area contributed by atoms with Gasteiger partial charge in [0.2, 0.25) is 0 Å². The van der Waals surface area contributed by atoms with E-state index in [9.17, 15) is 9.59 Å². The van der Waals surface area contributed by atoms with Crippen molar-refractivity contribution in [2.75, 3.05) is 26.1 Å². The van der Waals surface area contributed by atoms with Crippen molar-refractivity contribution in [1.82, 2.24) is 4.57 Å². The van der Waals surface area contributed by atoms with E-state index >= 15 is 0 Å². The Bertz CT molecular complexity index is 1920. The molecule has 43 heavy (non-hydrogen) atoms. The molecule has 220 valence electrons. The summed E-state index contributed by atoms with van der Waals surface area (Å²) in [5.74, 6) is 1.48. The Balaban J connectivity index is 1.62. The van der Waals surface area contributed by atoms with Crippen LogP contribution in [0.3, 0.4) is 0 Å². The van der Waals surface area contributed by atoms with Crippen LogP contribution in [0, 0.1) is 13.8 Å². The molecule has 0 aliphatic carbocycles. The average molecular weight is 596 g/mol. The third kappa shape index (κ3) is 6.03. The molecule has 2 heterocycles. The first-order valence-electron chi connectivity index (χ1n) is 13.7. The second kappa shape index (κ2) is 12.5. The number of nitrogens with one attached hydrogen (secondary N) is 1. The summed E-state index contributed by atoms with van der Waals surface area (Å²) in [4.78, 5) is 33.2. The van der Waals surface area contributed by atoms with Crippen LogP contribution in [0.4, 0.5) is 5.69 Å². The van der Waals surface area contributed by atoms with Gasteiger partial charge in [0, 0.05) is 5.69 Å². The maximum atomic E-state index is 14.0. The van der Waals surface area contributed by atoms with Crippen LogP contribution >= 0.6 is 11.3 Å². The number of amides is 1. The fourth-order valence-electron chi connectivity index (χ4n) is 5.05. The normalized spacial score (nSPS) is 14.5. The van der Waals surface area contributed by atoms with E-state index in [1.807, 2.05) is 68.4 Å². The molecule has 1 amide bonds. The van der Waals surface area contributed by atoms with Crippen molar-refractivity contribution in [3.8, 4) is 17.2 Å². The van der Waals surface area contributed by atoms with Gasteiger partial charge in [-0.25, -0.2) is 4.99 Å². The van der Waals surface area contributed by atoms with Gasteiger partial charge in [-0.3, -0.25) is 14.2 Å². The first kappa shape index (κ1) is 29.6. The molecule has 9 heteroatoms. The van der Waals surface area contributed by atoms with Crippen LogP contribution in [0.1, 0.15) is 35.2 Å². The van der Waals surface area contributed by atoms with E-state index in [2.05, 4.69) is 11.9 Å². The van der Waals surface area contributed by atoms with Gasteiger partial charge in [-0.1, -0.05) is 59.9 Å². The minimum atomic E-state index is -0.695. The first-order chi connectivity index (χ1) is 20.7. The summed E-state index contributed by atoms with van der Waals surface area (Å²) in [5, 5.41) is 3.06. The molecule has 3 aromatic carbocycles. The molecule has 0 radical (unpaired) electrons. The molecule has 5 rings (SSSR count). The lowest BCUT2D eigenvalue weighted by atomic mass is 9.95. The molecule has 1 aromatic heterocycles. The van der Waals surface area contributed by atoms with Gasteiger partial charge < -0.3 is 19.5 Å². The number of nitrogens with zero attached hydrogens (tertiary/aromatic N) is 2. The molecule has 0 spiro atoms. The molecular formula is C34H33N3O5S. The fourth-order valence-corrected chi connectivity index (χ4v) is 6.10. The van der Waals surface area contributed by atoms with Crippen molar-refractivity contribution < 1.29 is 19.0 Å². The highest BCUT2D eigenvalue weighted by molar-refractivity contribution is 7.07. The number of anilines is 1. The molecule has 8 nitrogen and oxygen atoms in total. The monoisotopic (exact) mass is 595 g/mol. The third-order valence-corrected chi connectivity index (χ3v) is 8.15. The van der Waals surface area contributed by atoms with Crippen molar-refractivity contribution in [2.24, 2.45) is 4.99 Å². The predicted octanol–water partition coefficient (Wildman–Crippen LogP) is 5.07. The molecule has 0 fully saturated rings. The van der Waals surface area contributed by atoms with Crippen molar-refractivity contribution >= 4 is 29.0 Å². The Morgan fingerprint density at radius 3 is 2.47 bits per heavy atom. The Labute approximate surface area is 253 Å². The van der Waals surface area contributed by atoms with Crippen molar-refractivity contribution in [3.05, 3.63) is 127 Å². The quantitative estimate of drug-likeness (QED) is 0.273. The number of carbonyl (C=O) groups excluding carboxylic acids is 1. The van der Waals surface area contributed by atoms with Gasteiger partial charge in [-0.15, -0.1) is 0 Å². The molecule has 1 aliphatic heterocycles. The minimum Gasteiger partial charge on any atom is -0.497 e. The van der Waals surface area contributed by atoms with E-state index in [0.29, 0.717) is 50.1 Å². The van der Waals surface area contributed by atoms with Gasteiger partial charge in [-0.05, 0) is 73.9 Å². The van der Waals surface area contributed by atoms with Crippen molar-refractivity contribution in [2.45, 2.75) is 26.8 Å². The van der Waals surface area contributed by atoms with E-state index in [1.54, 1.807) is 43.9 Å². The Morgan fingerprint density at radius 2 is 1.79 bits per heavy atom. The minimum absolute atomic E-state index is 0.250. The number of aromatic nitrogens is 1. The summed E-state index contributed by atoms with van der Waals surface area (Å²) in [6.07, 6.45) is 3.45. The number of carbonyl (C=O) groups is 1. The standard InChI is InChI=1S/C34H33N3O5S/c1-7-16-42-27-15-9-23(18-28(27)41-6)19-29-33(39)37-31(24-10-12-25(40-5)13-11-24)30(22(4)35-34(37)43-29)32(38)36-26-14-8-20(2)17-21(26)3/h7-15,17-19,31H,1,16H2,2-6H3,(H,36,38)/b29-19+/t31-/m1/s1.